The van der Waals surface area contributed by atoms with E-state index in [4.69, 9.17) is 11.1 Å². The van der Waals surface area contributed by atoms with Gasteiger partial charge in [0.1, 0.15) is 0 Å². The molecule has 0 unspecified atom stereocenters. The molecule has 1 radical (unpaired) electrons. The third-order valence-electron chi connectivity index (χ3n) is 0. The van der Waals surface area contributed by atoms with Gasteiger partial charge < -0.3 is 18.5 Å². The van der Waals surface area contributed by atoms with Gasteiger partial charge in [0, 0.05) is 32.7 Å². The molecule has 0 aromatic rings. The van der Waals surface area contributed by atoms with E-state index in [-0.39, 0.29) is 40.1 Å². The van der Waals surface area contributed by atoms with Gasteiger partial charge in [-0.3, -0.25) is 4.91 Å². The molecule has 0 heterocycles. The first-order valence-corrected chi connectivity index (χ1v) is 0.400. The van der Waals surface area contributed by atoms with Crippen LogP contribution in [0.5, 0.6) is 0 Å². The van der Waals surface area contributed by atoms with Crippen molar-refractivity contribution in [1.82, 2.24) is 0 Å². The Kier molecular flexibility index (Phi) is 93.2. The van der Waals surface area contributed by atoms with Crippen LogP contribution in [-0.2, 0) is 32.7 Å². The van der Waals surface area contributed by atoms with Crippen LogP contribution < -0.4 is 0 Å². The molecule has 0 N–H and O–H groups in total. The van der Waals surface area contributed by atoms with Crippen molar-refractivity contribution in [2.75, 3.05) is 0 Å². The molecule has 0 saturated heterocycles. The summed E-state index contributed by atoms with van der Waals surface area (Å²) in [6.45, 7) is 0. The fourth-order valence-corrected chi connectivity index (χ4v) is 0. The van der Waals surface area contributed by atoms with Crippen LogP contribution in [0.4, 0.5) is 0 Å². The van der Waals surface area contributed by atoms with Crippen LogP contribution in [0, 0.1) is 7.43 Å². The molecule has 0 saturated carbocycles. The zero-order valence-electron chi connectivity index (χ0n) is 2.92. The van der Waals surface area contributed by atoms with Crippen LogP contribution in [0.25, 0.3) is 16.0 Å². The van der Waals surface area contributed by atoms with E-state index in [2.05, 4.69) is 0 Å². The summed E-state index contributed by atoms with van der Waals surface area (Å²) in [4.78, 5) is 1.50. The monoisotopic (exact) mass is 146 g/mol. The molecule has 0 fully saturated rings. The molecule has 27 valence electrons. The number of rotatable bonds is 0. The van der Waals surface area contributed by atoms with Gasteiger partial charge in [0.15, 0.2) is 0 Å². The Balaban J connectivity index is -0.0000000200. The summed E-state index contributed by atoms with van der Waals surface area (Å²) in [6, 6.07) is 0. The smallest absolute Gasteiger partial charge is 0 e. The predicted octanol–water partition coefficient (Wildman–Crippen LogP) is 1.31. The Morgan fingerprint density at radius 3 is 1.20 bits per heavy atom. The molecule has 0 spiro atoms. The Hall–Kier alpha value is 0.414. The maximum Gasteiger partial charge on any atom is 0 e. The fraction of sp³-hybridized carbons (Fsp3) is 0. The van der Waals surface area contributed by atoms with Crippen LogP contribution >= 0.6 is 0 Å². The summed E-state index contributed by atoms with van der Waals surface area (Å²) in [6.07, 6.45) is 0. The van der Waals surface area contributed by atoms with E-state index in [0.29, 0.717) is 0 Å². The molecule has 0 amide bonds. The van der Waals surface area contributed by atoms with Crippen molar-refractivity contribution in [1.29, 1.82) is 0 Å². The Morgan fingerprint density at radius 2 is 1.20 bits per heavy atom. The molecule has 5 heavy (non-hydrogen) atoms. The van der Waals surface area contributed by atoms with E-state index in [1.807, 2.05) is 0 Å². The normalized spacial score (nSPS) is 1.60. The van der Waals surface area contributed by atoms with Gasteiger partial charge in [-0.25, -0.2) is 0 Å². The summed E-state index contributed by atoms with van der Waals surface area (Å²) in [5.74, 6) is 0. The van der Waals surface area contributed by atoms with Crippen LogP contribution in [0.1, 0.15) is 0 Å². The van der Waals surface area contributed by atoms with Crippen molar-refractivity contribution >= 4 is 0 Å². The van der Waals surface area contributed by atoms with Gasteiger partial charge in [-0.05, 0) is 0 Å². The summed E-state index contributed by atoms with van der Waals surface area (Å²) in [7, 11) is 0. The number of hydrogen-bond acceptors (Lipinski definition) is 0. The van der Waals surface area contributed by atoms with Gasteiger partial charge in [0.25, 0.3) is 0 Å². The van der Waals surface area contributed by atoms with E-state index >= 15 is 0 Å². The Bertz CT molecular complexity index is 27.9. The third-order valence-corrected chi connectivity index (χ3v) is 0. The average molecular weight is 146 g/mol. The van der Waals surface area contributed by atoms with Crippen molar-refractivity contribution < 1.29 is 32.7 Å². The van der Waals surface area contributed by atoms with Crippen molar-refractivity contribution in [3.05, 3.63) is 23.4 Å². The minimum Gasteiger partial charge on any atom is -0.373 e. The maximum absolute atomic E-state index is 6.75. The second-order valence-electron chi connectivity index (χ2n) is 0.0894. The Morgan fingerprint density at radius 1 is 1.20 bits per heavy atom. The summed E-state index contributed by atoms with van der Waals surface area (Å²) < 4.78 is 0. The predicted molar refractivity (Wildman–Crippen MR) is 16.5 cm³/mol. The SMILES string of the molecule is [CH3-].[N-]=[N+]=[N-].[Y]. The second kappa shape index (κ2) is 25.7. The molecule has 0 aromatic carbocycles. The first kappa shape index (κ1) is 18.1. The molecular weight excluding hydrogens is 143 g/mol. The van der Waals surface area contributed by atoms with Gasteiger partial charge in [0.2, 0.25) is 0 Å². The number of hydrogen-bond donors (Lipinski definition) is 0. The van der Waals surface area contributed by atoms with Crippen molar-refractivity contribution in [2.45, 2.75) is 0 Å². The molecule has 0 aromatic heterocycles. The van der Waals surface area contributed by atoms with Gasteiger partial charge in [0.05, 0.1) is 0 Å². The number of nitrogens with zero attached hydrogens (tertiary/aromatic N) is 3. The maximum atomic E-state index is 6.75. The topological polar surface area (TPSA) is 58.7 Å². The molecular formula is CH3N3Y-2. The molecule has 0 atom stereocenters. The van der Waals surface area contributed by atoms with E-state index in [9.17, 15) is 0 Å². The van der Waals surface area contributed by atoms with Gasteiger partial charge >= 0.3 is 0 Å². The molecule has 4 heteroatoms. The molecule has 0 aliphatic heterocycles. The van der Waals surface area contributed by atoms with Crippen LogP contribution in [0.2, 0.25) is 0 Å². The zero-order chi connectivity index (χ0) is 2.71. The van der Waals surface area contributed by atoms with E-state index < -0.39 is 0 Å². The first-order valence-electron chi connectivity index (χ1n) is 0.400. The molecule has 0 rings (SSSR count). The molecule has 0 aliphatic rings. The first-order chi connectivity index (χ1) is 1.41. The molecule has 0 aliphatic carbocycles. The van der Waals surface area contributed by atoms with E-state index in [1.165, 1.54) is 4.91 Å². The van der Waals surface area contributed by atoms with Crippen LogP contribution in [0.15, 0.2) is 0 Å². The minimum absolute atomic E-state index is 0. The average Bonchev–Trinajstić information content (AvgIpc) is 0.918. The van der Waals surface area contributed by atoms with Gasteiger partial charge in [-0.1, -0.05) is 0 Å². The van der Waals surface area contributed by atoms with Crippen molar-refractivity contribution in [3.63, 3.8) is 0 Å². The van der Waals surface area contributed by atoms with Gasteiger partial charge in [-0.15, -0.1) is 0 Å². The summed E-state index contributed by atoms with van der Waals surface area (Å²) >= 11 is 0. The summed E-state index contributed by atoms with van der Waals surface area (Å²) in [5, 5.41) is 0. The zero-order valence-corrected chi connectivity index (χ0v) is 5.76. The fourth-order valence-electron chi connectivity index (χ4n) is 0. The van der Waals surface area contributed by atoms with E-state index in [0.717, 1.165) is 0 Å². The largest absolute Gasteiger partial charge is 0.373 e. The van der Waals surface area contributed by atoms with E-state index in [1.54, 1.807) is 0 Å². The standard InChI is InChI=1S/CH3.N3.Y/c;1-3-2;/h1H3;;/q2*-1;. The van der Waals surface area contributed by atoms with Crippen LogP contribution in [0.3, 0.4) is 0 Å². The van der Waals surface area contributed by atoms with Crippen molar-refractivity contribution in [2.24, 2.45) is 0 Å². The minimum atomic E-state index is 0. The summed E-state index contributed by atoms with van der Waals surface area (Å²) in [5.41, 5.74) is 13.5. The van der Waals surface area contributed by atoms with Gasteiger partial charge in [-0.2, -0.15) is 0 Å². The molecule has 3 nitrogen and oxygen atoms in total. The Labute approximate surface area is 56.1 Å². The molecule has 0 bridgehead atoms. The second-order valence-corrected chi connectivity index (χ2v) is 0.0894. The quantitative estimate of drug-likeness (QED) is 0.214. The third kappa shape index (κ3) is 150. The van der Waals surface area contributed by atoms with Crippen molar-refractivity contribution in [3.8, 4) is 0 Å². The van der Waals surface area contributed by atoms with Crippen LogP contribution in [-0.4, -0.2) is 0 Å².